The molecule has 0 aliphatic rings. The summed E-state index contributed by atoms with van der Waals surface area (Å²) in [6, 6.07) is 0. The number of nitrogens with zero attached hydrogens (tertiary/aromatic N) is 2. The molecule has 1 aromatic rings. The fourth-order valence-corrected chi connectivity index (χ4v) is 1.84. The molecule has 0 saturated heterocycles. The molecule has 1 N–H and O–H groups in total. The lowest BCUT2D eigenvalue weighted by molar-refractivity contribution is 0.291. The minimum Gasteiger partial charge on any atom is -0.477 e. The van der Waals surface area contributed by atoms with Crippen molar-refractivity contribution in [2.24, 2.45) is 0 Å². The Labute approximate surface area is 105 Å². The zero-order chi connectivity index (χ0) is 11.8. The molecule has 0 spiro atoms. The lowest BCUT2D eigenvalue weighted by Crippen LogP contribution is -2.02. The highest BCUT2D eigenvalue weighted by molar-refractivity contribution is 9.10. The highest BCUT2D eigenvalue weighted by Gasteiger charge is 2.07. The Kier molecular flexibility index (Phi) is 6.15. The second-order valence-electron chi connectivity index (χ2n) is 3.50. The van der Waals surface area contributed by atoms with Crippen molar-refractivity contribution < 1.29 is 4.74 Å². The molecule has 1 heterocycles. The lowest BCUT2D eigenvalue weighted by atomic mass is 10.2. The van der Waals surface area contributed by atoms with Gasteiger partial charge in [0.1, 0.15) is 16.6 Å². The van der Waals surface area contributed by atoms with Crippen molar-refractivity contribution in [3.05, 3.63) is 10.8 Å². The second-order valence-corrected chi connectivity index (χ2v) is 4.29. The number of rotatable bonds is 7. The van der Waals surface area contributed by atoms with Gasteiger partial charge in [-0.05, 0) is 22.4 Å². The molecule has 1 rings (SSSR count). The van der Waals surface area contributed by atoms with Crippen LogP contribution in [-0.4, -0.2) is 23.6 Å². The first kappa shape index (κ1) is 13.2. The van der Waals surface area contributed by atoms with Crippen molar-refractivity contribution in [2.75, 3.05) is 19.0 Å². The first-order chi connectivity index (χ1) is 7.79. The first-order valence-electron chi connectivity index (χ1n) is 5.60. The fourth-order valence-electron chi connectivity index (χ4n) is 1.33. The summed E-state index contributed by atoms with van der Waals surface area (Å²) in [5, 5.41) is 2.97. The highest BCUT2D eigenvalue weighted by Crippen LogP contribution is 2.27. The number of hydrogen-bond donors (Lipinski definition) is 1. The van der Waals surface area contributed by atoms with Gasteiger partial charge in [0.15, 0.2) is 0 Å². The Morgan fingerprint density at radius 3 is 2.81 bits per heavy atom. The van der Waals surface area contributed by atoms with Gasteiger partial charge < -0.3 is 10.1 Å². The van der Waals surface area contributed by atoms with Crippen LogP contribution in [-0.2, 0) is 0 Å². The van der Waals surface area contributed by atoms with Crippen LogP contribution in [0.25, 0.3) is 0 Å². The number of ether oxygens (including phenoxy) is 1. The van der Waals surface area contributed by atoms with Gasteiger partial charge in [0, 0.05) is 7.05 Å². The summed E-state index contributed by atoms with van der Waals surface area (Å²) in [5.74, 6) is 1.36. The molecule has 4 nitrogen and oxygen atoms in total. The van der Waals surface area contributed by atoms with E-state index >= 15 is 0 Å². The van der Waals surface area contributed by atoms with Crippen molar-refractivity contribution >= 4 is 21.7 Å². The molecule has 0 amide bonds. The van der Waals surface area contributed by atoms with E-state index in [1.165, 1.54) is 25.6 Å². The van der Waals surface area contributed by atoms with E-state index in [0.29, 0.717) is 12.5 Å². The molecule has 0 radical (unpaired) electrons. The molecule has 0 aliphatic heterocycles. The van der Waals surface area contributed by atoms with Gasteiger partial charge in [-0.3, -0.25) is 0 Å². The van der Waals surface area contributed by atoms with E-state index in [-0.39, 0.29) is 0 Å². The molecule has 0 atom stereocenters. The van der Waals surface area contributed by atoms with E-state index in [2.05, 4.69) is 38.1 Å². The maximum Gasteiger partial charge on any atom is 0.233 e. The van der Waals surface area contributed by atoms with Crippen molar-refractivity contribution in [2.45, 2.75) is 32.6 Å². The van der Waals surface area contributed by atoms with Gasteiger partial charge in [0.2, 0.25) is 5.88 Å². The number of halogens is 1. The predicted molar refractivity (Wildman–Crippen MR) is 68.9 cm³/mol. The van der Waals surface area contributed by atoms with Crippen LogP contribution < -0.4 is 10.1 Å². The molecule has 5 heteroatoms. The third-order valence-electron chi connectivity index (χ3n) is 2.23. The number of unbranched alkanes of at least 4 members (excludes halogenated alkanes) is 3. The fraction of sp³-hybridized carbons (Fsp3) is 0.636. The van der Waals surface area contributed by atoms with Crippen molar-refractivity contribution in [1.82, 2.24) is 9.97 Å². The minimum atomic E-state index is 0.607. The topological polar surface area (TPSA) is 47.0 Å². The average Bonchev–Trinajstić information content (AvgIpc) is 2.31. The van der Waals surface area contributed by atoms with E-state index in [1.54, 1.807) is 0 Å². The summed E-state index contributed by atoms with van der Waals surface area (Å²) in [7, 11) is 1.82. The van der Waals surface area contributed by atoms with Gasteiger partial charge >= 0.3 is 0 Å². The summed E-state index contributed by atoms with van der Waals surface area (Å²) in [6.07, 6.45) is 6.27. The van der Waals surface area contributed by atoms with Crippen LogP contribution in [0.15, 0.2) is 10.8 Å². The zero-order valence-corrected chi connectivity index (χ0v) is 11.4. The van der Waals surface area contributed by atoms with Crippen LogP contribution in [0.4, 0.5) is 5.82 Å². The molecule has 16 heavy (non-hydrogen) atoms. The normalized spacial score (nSPS) is 10.2. The zero-order valence-electron chi connectivity index (χ0n) is 9.79. The summed E-state index contributed by atoms with van der Waals surface area (Å²) < 4.78 is 6.37. The number of anilines is 1. The van der Waals surface area contributed by atoms with Gasteiger partial charge in [-0.2, -0.15) is 0 Å². The van der Waals surface area contributed by atoms with Crippen molar-refractivity contribution in [3.8, 4) is 5.88 Å². The number of hydrogen-bond acceptors (Lipinski definition) is 4. The molecule has 0 aliphatic carbocycles. The molecule has 0 unspecified atom stereocenters. The maximum atomic E-state index is 5.59. The Balaban J connectivity index is 2.41. The molecule has 0 aromatic carbocycles. The molecule has 0 fully saturated rings. The lowest BCUT2D eigenvalue weighted by Gasteiger charge is -2.08. The van der Waals surface area contributed by atoms with Gasteiger partial charge in [0.05, 0.1) is 6.61 Å². The Bertz CT molecular complexity index is 320. The highest BCUT2D eigenvalue weighted by atomic mass is 79.9. The van der Waals surface area contributed by atoms with E-state index in [9.17, 15) is 0 Å². The molecular formula is C11H18BrN3O. The largest absolute Gasteiger partial charge is 0.477 e. The summed E-state index contributed by atoms with van der Waals surface area (Å²) in [4.78, 5) is 8.15. The first-order valence-corrected chi connectivity index (χ1v) is 6.40. The standard InChI is InChI=1S/C11H18BrN3O/c1-3-4-5-6-7-16-11-9(12)10(13-2)14-8-15-11/h8H,3-7H2,1-2H3,(H,13,14,15). The van der Waals surface area contributed by atoms with Crippen LogP contribution in [0.2, 0.25) is 0 Å². The van der Waals surface area contributed by atoms with Crippen LogP contribution >= 0.6 is 15.9 Å². The van der Waals surface area contributed by atoms with Gasteiger partial charge in [-0.25, -0.2) is 9.97 Å². The van der Waals surface area contributed by atoms with Crippen molar-refractivity contribution in [1.29, 1.82) is 0 Å². The van der Waals surface area contributed by atoms with Crippen LogP contribution in [0.5, 0.6) is 5.88 Å². The van der Waals surface area contributed by atoms with E-state index in [1.807, 2.05) is 7.05 Å². The summed E-state index contributed by atoms with van der Waals surface area (Å²) >= 11 is 3.41. The van der Waals surface area contributed by atoms with Crippen molar-refractivity contribution in [3.63, 3.8) is 0 Å². The quantitative estimate of drug-likeness (QED) is 0.782. The summed E-state index contributed by atoms with van der Waals surface area (Å²) in [5.41, 5.74) is 0. The third-order valence-corrected chi connectivity index (χ3v) is 2.95. The number of nitrogens with one attached hydrogen (secondary N) is 1. The van der Waals surface area contributed by atoms with E-state index in [0.717, 1.165) is 16.7 Å². The smallest absolute Gasteiger partial charge is 0.233 e. The predicted octanol–water partition coefficient (Wildman–Crippen LogP) is 3.24. The minimum absolute atomic E-state index is 0.607. The van der Waals surface area contributed by atoms with Crippen LogP contribution in [0, 0.1) is 0 Å². The van der Waals surface area contributed by atoms with Gasteiger partial charge in [0.25, 0.3) is 0 Å². The molecule has 0 bridgehead atoms. The Morgan fingerprint density at radius 1 is 1.31 bits per heavy atom. The maximum absolute atomic E-state index is 5.59. The van der Waals surface area contributed by atoms with Crippen LogP contribution in [0.1, 0.15) is 32.6 Å². The molecular weight excluding hydrogens is 270 g/mol. The van der Waals surface area contributed by atoms with Gasteiger partial charge in [-0.1, -0.05) is 26.2 Å². The molecule has 0 saturated carbocycles. The molecule has 1 aromatic heterocycles. The van der Waals surface area contributed by atoms with Gasteiger partial charge in [-0.15, -0.1) is 0 Å². The monoisotopic (exact) mass is 287 g/mol. The Morgan fingerprint density at radius 2 is 2.12 bits per heavy atom. The SMILES string of the molecule is CCCCCCOc1ncnc(NC)c1Br. The second kappa shape index (κ2) is 7.44. The number of aromatic nitrogens is 2. The molecule has 90 valence electrons. The van der Waals surface area contributed by atoms with E-state index < -0.39 is 0 Å². The Hall–Kier alpha value is -0.840. The third kappa shape index (κ3) is 3.96. The van der Waals surface area contributed by atoms with Crippen LogP contribution in [0.3, 0.4) is 0 Å². The summed E-state index contributed by atoms with van der Waals surface area (Å²) in [6.45, 7) is 2.90. The average molecular weight is 288 g/mol. The van der Waals surface area contributed by atoms with E-state index in [4.69, 9.17) is 4.74 Å².